The SMILES string of the molecule is O=C1[C@H]2CCCC[C@H]2C(=O)N1c1cccc(Cn2cccn2)c1. The smallest absolute Gasteiger partial charge is 0.237 e. The van der Waals surface area contributed by atoms with E-state index in [2.05, 4.69) is 5.10 Å². The van der Waals surface area contributed by atoms with Gasteiger partial charge in [-0.05, 0) is 36.6 Å². The van der Waals surface area contributed by atoms with Gasteiger partial charge < -0.3 is 0 Å². The van der Waals surface area contributed by atoms with Gasteiger partial charge in [-0.2, -0.15) is 5.10 Å². The number of amides is 2. The Morgan fingerprint density at radius 3 is 2.43 bits per heavy atom. The molecule has 118 valence electrons. The summed E-state index contributed by atoms with van der Waals surface area (Å²) in [6, 6.07) is 9.54. The molecule has 0 spiro atoms. The Morgan fingerprint density at radius 1 is 1.04 bits per heavy atom. The summed E-state index contributed by atoms with van der Waals surface area (Å²) in [6.45, 7) is 0.629. The number of carbonyl (C=O) groups excluding carboxylic acids is 2. The molecule has 2 amide bonds. The molecule has 1 aliphatic carbocycles. The molecule has 0 bridgehead atoms. The Labute approximate surface area is 134 Å². The summed E-state index contributed by atoms with van der Waals surface area (Å²) in [5, 5.41) is 4.20. The lowest BCUT2D eigenvalue weighted by molar-refractivity contribution is -0.122. The van der Waals surface area contributed by atoms with E-state index in [0.717, 1.165) is 31.2 Å². The molecule has 0 unspecified atom stereocenters. The third-order valence-electron chi connectivity index (χ3n) is 4.91. The molecule has 2 aliphatic rings. The topological polar surface area (TPSA) is 55.2 Å². The van der Waals surface area contributed by atoms with E-state index < -0.39 is 0 Å². The lowest BCUT2D eigenvalue weighted by Crippen LogP contribution is -2.30. The zero-order valence-electron chi connectivity index (χ0n) is 12.9. The highest BCUT2D eigenvalue weighted by atomic mass is 16.2. The van der Waals surface area contributed by atoms with Crippen molar-refractivity contribution in [1.82, 2.24) is 9.78 Å². The largest absolute Gasteiger partial charge is 0.274 e. The van der Waals surface area contributed by atoms with E-state index >= 15 is 0 Å². The first-order chi connectivity index (χ1) is 11.2. The van der Waals surface area contributed by atoms with E-state index in [1.54, 1.807) is 6.20 Å². The molecule has 5 nitrogen and oxygen atoms in total. The van der Waals surface area contributed by atoms with Gasteiger partial charge >= 0.3 is 0 Å². The zero-order chi connectivity index (χ0) is 15.8. The molecule has 2 heterocycles. The van der Waals surface area contributed by atoms with Crippen LogP contribution in [0.5, 0.6) is 0 Å². The van der Waals surface area contributed by atoms with E-state index in [9.17, 15) is 9.59 Å². The highest BCUT2D eigenvalue weighted by Crippen LogP contribution is 2.40. The van der Waals surface area contributed by atoms with Crippen LogP contribution in [-0.4, -0.2) is 21.6 Å². The summed E-state index contributed by atoms with van der Waals surface area (Å²) in [5.41, 5.74) is 1.72. The second-order valence-electron chi connectivity index (χ2n) is 6.38. The lowest BCUT2D eigenvalue weighted by Gasteiger charge is -2.19. The Bertz CT molecular complexity index is 714. The average Bonchev–Trinajstić information content (AvgIpc) is 3.16. The van der Waals surface area contributed by atoms with Gasteiger partial charge in [-0.3, -0.25) is 19.2 Å². The first-order valence-corrected chi connectivity index (χ1v) is 8.18. The fraction of sp³-hybridized carbons (Fsp3) is 0.389. The number of aromatic nitrogens is 2. The van der Waals surface area contributed by atoms with Crippen molar-refractivity contribution in [2.24, 2.45) is 11.8 Å². The third-order valence-corrected chi connectivity index (χ3v) is 4.91. The van der Waals surface area contributed by atoms with E-state index in [1.807, 2.05) is 41.2 Å². The first kappa shape index (κ1) is 14.2. The number of anilines is 1. The quantitative estimate of drug-likeness (QED) is 0.819. The average molecular weight is 309 g/mol. The molecule has 0 N–H and O–H groups in total. The molecular weight excluding hydrogens is 290 g/mol. The number of imide groups is 1. The maximum atomic E-state index is 12.7. The van der Waals surface area contributed by atoms with Crippen LogP contribution in [0, 0.1) is 11.8 Å². The van der Waals surface area contributed by atoms with Gasteiger partial charge in [-0.15, -0.1) is 0 Å². The molecular formula is C18H19N3O2. The summed E-state index contributed by atoms with van der Waals surface area (Å²) in [7, 11) is 0. The van der Waals surface area contributed by atoms with Gasteiger partial charge in [0.1, 0.15) is 0 Å². The number of nitrogens with zero attached hydrogens (tertiary/aromatic N) is 3. The van der Waals surface area contributed by atoms with Crippen LogP contribution in [-0.2, 0) is 16.1 Å². The normalized spacial score (nSPS) is 24.1. The van der Waals surface area contributed by atoms with Crippen molar-refractivity contribution in [3.8, 4) is 0 Å². The molecule has 0 radical (unpaired) electrons. The fourth-order valence-electron chi connectivity index (χ4n) is 3.79. The van der Waals surface area contributed by atoms with Gasteiger partial charge in [0, 0.05) is 12.4 Å². The van der Waals surface area contributed by atoms with Crippen LogP contribution in [0.25, 0.3) is 0 Å². The summed E-state index contributed by atoms with van der Waals surface area (Å²) < 4.78 is 1.83. The Morgan fingerprint density at radius 2 is 1.78 bits per heavy atom. The highest BCUT2D eigenvalue weighted by molar-refractivity contribution is 6.22. The summed E-state index contributed by atoms with van der Waals surface area (Å²) in [4.78, 5) is 26.7. The monoisotopic (exact) mass is 309 g/mol. The van der Waals surface area contributed by atoms with Crippen molar-refractivity contribution in [1.29, 1.82) is 0 Å². The van der Waals surface area contributed by atoms with Crippen LogP contribution in [0.1, 0.15) is 31.2 Å². The second kappa shape index (κ2) is 5.65. The van der Waals surface area contributed by atoms with Gasteiger partial charge in [-0.25, -0.2) is 0 Å². The van der Waals surface area contributed by atoms with Crippen LogP contribution in [0.15, 0.2) is 42.7 Å². The zero-order valence-corrected chi connectivity index (χ0v) is 12.9. The highest BCUT2D eigenvalue weighted by Gasteiger charge is 2.48. The minimum Gasteiger partial charge on any atom is -0.274 e. The maximum absolute atomic E-state index is 12.7. The number of hydrogen-bond donors (Lipinski definition) is 0. The molecule has 1 aromatic heterocycles. The molecule has 1 aliphatic heterocycles. The maximum Gasteiger partial charge on any atom is 0.237 e. The molecule has 2 atom stereocenters. The third kappa shape index (κ3) is 2.46. The molecule has 1 aromatic carbocycles. The van der Waals surface area contributed by atoms with Crippen LogP contribution in [0.2, 0.25) is 0 Å². The van der Waals surface area contributed by atoms with Crippen LogP contribution >= 0.6 is 0 Å². The van der Waals surface area contributed by atoms with E-state index in [4.69, 9.17) is 0 Å². The lowest BCUT2D eigenvalue weighted by atomic mass is 9.81. The summed E-state index contributed by atoms with van der Waals surface area (Å²) >= 11 is 0. The van der Waals surface area contributed by atoms with Crippen molar-refractivity contribution < 1.29 is 9.59 Å². The predicted octanol–water partition coefficient (Wildman–Crippen LogP) is 2.61. The van der Waals surface area contributed by atoms with E-state index in [-0.39, 0.29) is 23.7 Å². The van der Waals surface area contributed by atoms with Crippen molar-refractivity contribution in [2.75, 3.05) is 4.90 Å². The fourth-order valence-corrected chi connectivity index (χ4v) is 3.79. The van der Waals surface area contributed by atoms with Crippen LogP contribution in [0.3, 0.4) is 0 Å². The minimum atomic E-state index is -0.106. The summed E-state index contributed by atoms with van der Waals surface area (Å²) in [6.07, 6.45) is 7.42. The van der Waals surface area contributed by atoms with Gasteiger partial charge in [-0.1, -0.05) is 25.0 Å². The molecule has 2 aromatic rings. The Hall–Kier alpha value is -2.43. The molecule has 23 heavy (non-hydrogen) atoms. The van der Waals surface area contributed by atoms with Crippen molar-refractivity contribution >= 4 is 17.5 Å². The molecule has 5 heteroatoms. The van der Waals surface area contributed by atoms with Gasteiger partial charge in [0.2, 0.25) is 11.8 Å². The predicted molar refractivity (Wildman–Crippen MR) is 85.7 cm³/mol. The number of hydrogen-bond acceptors (Lipinski definition) is 3. The van der Waals surface area contributed by atoms with E-state index in [0.29, 0.717) is 12.2 Å². The molecule has 4 rings (SSSR count). The molecule has 1 saturated heterocycles. The van der Waals surface area contributed by atoms with Gasteiger partial charge in [0.05, 0.1) is 24.1 Å². The molecule has 2 fully saturated rings. The minimum absolute atomic E-state index is 0.0176. The number of rotatable bonds is 3. The standard InChI is InChI=1S/C18H19N3O2/c22-17-15-7-1-2-8-16(15)18(23)21(17)14-6-3-5-13(11-14)12-20-10-4-9-19-20/h3-6,9-11,15-16H,1-2,7-8,12H2/t15-,16+. The Balaban J connectivity index is 1.62. The number of benzene rings is 1. The Kier molecular flexibility index (Phi) is 3.48. The van der Waals surface area contributed by atoms with Gasteiger partial charge in [0.15, 0.2) is 0 Å². The summed E-state index contributed by atoms with van der Waals surface area (Å²) in [5.74, 6) is -0.246. The van der Waals surface area contributed by atoms with Crippen molar-refractivity contribution in [2.45, 2.75) is 32.2 Å². The van der Waals surface area contributed by atoms with Crippen molar-refractivity contribution in [3.63, 3.8) is 0 Å². The van der Waals surface area contributed by atoms with Crippen molar-refractivity contribution in [3.05, 3.63) is 48.3 Å². The van der Waals surface area contributed by atoms with E-state index in [1.165, 1.54) is 4.90 Å². The second-order valence-corrected chi connectivity index (χ2v) is 6.38. The number of fused-ring (bicyclic) bond motifs is 1. The van der Waals surface area contributed by atoms with Crippen LogP contribution < -0.4 is 4.90 Å². The number of carbonyl (C=O) groups is 2. The molecule has 1 saturated carbocycles. The first-order valence-electron chi connectivity index (χ1n) is 8.18. The van der Waals surface area contributed by atoms with Gasteiger partial charge in [0.25, 0.3) is 0 Å². The van der Waals surface area contributed by atoms with Crippen LogP contribution in [0.4, 0.5) is 5.69 Å².